The van der Waals surface area contributed by atoms with Crippen LogP contribution in [0.25, 0.3) is 43.5 Å². The van der Waals surface area contributed by atoms with Crippen LogP contribution in [0.3, 0.4) is 0 Å². The second kappa shape index (κ2) is 12.6. The van der Waals surface area contributed by atoms with Gasteiger partial charge in [0, 0.05) is 26.9 Å². The molecule has 0 aliphatic rings. The van der Waals surface area contributed by atoms with Crippen molar-refractivity contribution in [1.29, 1.82) is 0 Å². The van der Waals surface area contributed by atoms with E-state index in [0.717, 1.165) is 17.2 Å². The summed E-state index contributed by atoms with van der Waals surface area (Å²) in [6, 6.07) is 6.75. The van der Waals surface area contributed by atoms with Gasteiger partial charge in [0.25, 0.3) is 11.1 Å². The van der Waals surface area contributed by atoms with E-state index in [1.165, 1.54) is 30.7 Å². The van der Waals surface area contributed by atoms with Crippen LogP contribution >= 0.6 is 0 Å². The SMILES string of the molecule is CCC[NH3+].O=c1c2ccc3oc4c(S(=O)(=O)[O-])cc(S(=O)(=O)[O-])cc4c4ccc(c(=O)n1CCO)c2c34.[NH3+]CCO. The maximum absolute atomic E-state index is 12.9. The van der Waals surface area contributed by atoms with Crippen LogP contribution in [0, 0.1) is 0 Å². The minimum Gasteiger partial charge on any atom is -0.744 e. The van der Waals surface area contributed by atoms with Gasteiger partial charge in [0.05, 0.1) is 42.6 Å². The van der Waals surface area contributed by atoms with Crippen molar-refractivity contribution in [3.05, 3.63) is 57.1 Å². The molecule has 0 aliphatic carbocycles. The van der Waals surface area contributed by atoms with Crippen LogP contribution in [-0.2, 0) is 26.8 Å². The van der Waals surface area contributed by atoms with Crippen molar-refractivity contribution in [2.45, 2.75) is 29.7 Å². The number of pyridine rings is 1. The van der Waals surface area contributed by atoms with Crippen LogP contribution in [0.2, 0.25) is 0 Å². The molecule has 41 heavy (non-hydrogen) atoms. The average molecular weight is 612 g/mol. The minimum atomic E-state index is -5.26. The largest absolute Gasteiger partial charge is 0.744 e. The molecule has 0 bridgehead atoms. The van der Waals surface area contributed by atoms with Crippen molar-refractivity contribution in [3.63, 3.8) is 0 Å². The number of fused-ring (bicyclic) bond motifs is 2. The van der Waals surface area contributed by atoms with Gasteiger partial charge in [-0.25, -0.2) is 16.8 Å². The maximum atomic E-state index is 12.9. The first-order valence-corrected chi connectivity index (χ1v) is 15.1. The third kappa shape index (κ3) is 6.24. The fraction of sp³-hybridized carbons (Fsp3) is 0.280. The summed E-state index contributed by atoms with van der Waals surface area (Å²) in [4.78, 5) is 23.7. The number of aliphatic hydroxyl groups excluding tert-OH is 2. The zero-order valence-corrected chi connectivity index (χ0v) is 23.6. The van der Waals surface area contributed by atoms with E-state index in [1.54, 1.807) is 0 Å². The van der Waals surface area contributed by atoms with Crippen LogP contribution in [0.1, 0.15) is 13.3 Å². The van der Waals surface area contributed by atoms with E-state index in [-0.39, 0.29) is 51.1 Å². The Morgan fingerprint density at radius 3 is 1.80 bits per heavy atom. The lowest BCUT2D eigenvalue weighted by Crippen LogP contribution is -2.51. The molecule has 0 atom stereocenters. The van der Waals surface area contributed by atoms with Crippen molar-refractivity contribution in [3.8, 4) is 0 Å². The second-order valence-electron chi connectivity index (χ2n) is 8.75. The quantitative estimate of drug-likeness (QED) is 0.0976. The predicted molar refractivity (Wildman–Crippen MR) is 146 cm³/mol. The molecule has 3 aromatic carbocycles. The fourth-order valence-electron chi connectivity index (χ4n) is 4.14. The summed E-state index contributed by atoms with van der Waals surface area (Å²) in [5.74, 6) is 0. The number of hydrogen-bond donors (Lipinski definition) is 4. The first-order valence-electron chi connectivity index (χ1n) is 12.3. The highest BCUT2D eigenvalue weighted by Gasteiger charge is 2.22. The maximum Gasteiger partial charge on any atom is 0.261 e. The predicted octanol–water partition coefficient (Wildman–Crippen LogP) is -1.49. The third-order valence-electron chi connectivity index (χ3n) is 6.00. The number of aliphatic hydroxyl groups is 2. The Hall–Kier alpha value is -3.48. The Labute approximate surface area is 233 Å². The van der Waals surface area contributed by atoms with Gasteiger partial charge in [0.1, 0.15) is 25.8 Å². The standard InChI is InChI=1S/C20H13NO10S2.C3H9N.C2H7NO/c22-6-5-21-19(23)11-2-1-10-13-7-9(32(25,26)27)8-15(33(28,29)30)18(13)31-14-4-3-12(20(21)24)16(11)17(10)14;1-2-3-4;3-1-2-4/h1-4,7-8,22H,5-6H2,(H,25,26,27)(H,28,29,30);2-4H2,1H3;4H,1-3H2. The molecule has 16 heteroatoms. The van der Waals surface area contributed by atoms with Crippen LogP contribution in [0.4, 0.5) is 0 Å². The molecule has 0 fully saturated rings. The Morgan fingerprint density at radius 2 is 1.34 bits per heavy atom. The molecule has 0 aliphatic heterocycles. The number of benzene rings is 3. The third-order valence-corrected chi connectivity index (χ3v) is 7.65. The molecule has 2 aromatic heterocycles. The van der Waals surface area contributed by atoms with Gasteiger partial charge in [0.15, 0.2) is 5.58 Å². The highest BCUT2D eigenvalue weighted by molar-refractivity contribution is 7.86. The molecule has 0 radical (unpaired) electrons. The van der Waals surface area contributed by atoms with E-state index in [1.807, 2.05) is 0 Å². The monoisotopic (exact) mass is 611 g/mol. The molecule has 14 nitrogen and oxygen atoms in total. The van der Waals surface area contributed by atoms with E-state index in [4.69, 9.17) is 9.52 Å². The molecule has 0 amide bonds. The summed E-state index contributed by atoms with van der Waals surface area (Å²) in [5, 5.41) is 17.6. The van der Waals surface area contributed by atoms with Crippen molar-refractivity contribution in [2.75, 3.05) is 26.3 Å². The second-order valence-corrected chi connectivity index (χ2v) is 11.5. The van der Waals surface area contributed by atoms with Gasteiger partial charge in [-0.15, -0.1) is 0 Å². The van der Waals surface area contributed by atoms with Crippen molar-refractivity contribution in [1.82, 2.24) is 4.57 Å². The van der Waals surface area contributed by atoms with E-state index in [0.29, 0.717) is 12.6 Å². The summed E-state index contributed by atoms with van der Waals surface area (Å²) >= 11 is 0. The van der Waals surface area contributed by atoms with Gasteiger partial charge in [-0.2, -0.15) is 0 Å². The first kappa shape index (κ1) is 32.0. The minimum absolute atomic E-state index is 0.0249. The molecule has 0 saturated heterocycles. The molecule has 8 N–H and O–H groups in total. The lowest BCUT2D eigenvalue weighted by atomic mass is 9.96. The lowest BCUT2D eigenvalue weighted by molar-refractivity contribution is -0.372. The summed E-state index contributed by atoms with van der Waals surface area (Å²) in [7, 11) is -10.4. The van der Waals surface area contributed by atoms with Gasteiger partial charge in [-0.1, -0.05) is 13.0 Å². The van der Waals surface area contributed by atoms with Gasteiger partial charge >= 0.3 is 0 Å². The van der Waals surface area contributed by atoms with E-state index < -0.39 is 53.3 Å². The zero-order chi connectivity index (χ0) is 30.7. The van der Waals surface area contributed by atoms with E-state index in [9.17, 15) is 40.6 Å². The summed E-state index contributed by atoms with van der Waals surface area (Å²) < 4.78 is 76.9. The molecule has 5 rings (SSSR count). The number of quaternary nitrogens is 2. The van der Waals surface area contributed by atoms with Gasteiger partial charge in [0.2, 0.25) is 0 Å². The van der Waals surface area contributed by atoms with Crippen LogP contribution in [0.5, 0.6) is 0 Å². The molecular weight excluding hydrogens is 582 g/mol. The summed E-state index contributed by atoms with van der Waals surface area (Å²) in [6.07, 6.45) is 1.21. The number of rotatable bonds is 6. The molecule has 222 valence electrons. The highest BCUT2D eigenvalue weighted by Crippen LogP contribution is 2.39. The lowest BCUT2D eigenvalue weighted by Gasteiger charge is -2.17. The Kier molecular flexibility index (Phi) is 9.83. The Balaban J connectivity index is 0.000000515. The van der Waals surface area contributed by atoms with Crippen LogP contribution in [-0.4, -0.2) is 67.0 Å². The van der Waals surface area contributed by atoms with Gasteiger partial charge in [-0.05, 0) is 42.1 Å². The summed E-state index contributed by atoms with van der Waals surface area (Å²) in [5.41, 5.74) is 5.17. The zero-order valence-electron chi connectivity index (χ0n) is 22.0. The molecule has 0 unspecified atom stereocenters. The first-order chi connectivity index (χ1) is 19.3. The highest BCUT2D eigenvalue weighted by atomic mass is 32.2. The molecule has 0 saturated carbocycles. The number of aromatic nitrogens is 1. The van der Waals surface area contributed by atoms with Crippen molar-refractivity contribution >= 4 is 63.7 Å². The molecular formula is C25H29N3O11S2. The smallest absolute Gasteiger partial charge is 0.261 e. The normalized spacial score (nSPS) is 12.0. The number of nitrogens with zero attached hydrogens (tertiary/aromatic N) is 1. The Morgan fingerprint density at radius 1 is 0.805 bits per heavy atom. The number of hydrogen-bond acceptors (Lipinski definition) is 11. The van der Waals surface area contributed by atoms with E-state index >= 15 is 0 Å². The van der Waals surface area contributed by atoms with Gasteiger partial charge < -0.3 is 35.2 Å². The Bertz CT molecular complexity index is 2010. The van der Waals surface area contributed by atoms with Crippen molar-refractivity contribution < 1.29 is 52.0 Å². The van der Waals surface area contributed by atoms with Gasteiger partial charge in [-0.3, -0.25) is 14.2 Å². The topological polar surface area (TPSA) is 262 Å². The van der Waals surface area contributed by atoms with Crippen LogP contribution < -0.4 is 22.6 Å². The average Bonchev–Trinajstić information content (AvgIpc) is 2.93. The fourth-order valence-corrected chi connectivity index (χ4v) is 5.39. The molecule has 0 spiro atoms. The summed E-state index contributed by atoms with van der Waals surface area (Å²) in [6.45, 7) is 3.35. The van der Waals surface area contributed by atoms with Crippen molar-refractivity contribution in [2.24, 2.45) is 0 Å². The molecule has 2 heterocycles. The molecule has 5 aromatic rings. The van der Waals surface area contributed by atoms with E-state index in [2.05, 4.69) is 18.4 Å². The van der Waals surface area contributed by atoms with Crippen LogP contribution in [0.15, 0.2) is 60.2 Å².